The van der Waals surface area contributed by atoms with Crippen LogP contribution in [0.2, 0.25) is 5.02 Å². The second-order valence-electron chi connectivity index (χ2n) is 3.70. The monoisotopic (exact) mass is 227 g/mol. The molecule has 0 aromatic carbocycles. The van der Waals surface area contributed by atoms with Crippen molar-refractivity contribution in [1.82, 2.24) is 4.98 Å². The minimum atomic E-state index is 0.582. The van der Waals surface area contributed by atoms with Crippen LogP contribution < -0.4 is 10.6 Å². The minimum absolute atomic E-state index is 0.582. The maximum absolute atomic E-state index is 5.84. The largest absolute Gasteiger partial charge is 0.396 e. The molecule has 0 aliphatic rings. The lowest BCUT2D eigenvalue weighted by Gasteiger charge is -2.19. The Balaban J connectivity index is 2.61. The molecule has 0 aliphatic heterocycles. The zero-order valence-corrected chi connectivity index (χ0v) is 10.1. The molecule has 1 aromatic heterocycles. The Labute approximate surface area is 96.2 Å². The fraction of sp³-hybridized carbons (Fsp3) is 0.545. The van der Waals surface area contributed by atoms with Crippen LogP contribution in [0.4, 0.5) is 11.5 Å². The highest BCUT2D eigenvalue weighted by molar-refractivity contribution is 6.30. The van der Waals surface area contributed by atoms with Crippen molar-refractivity contribution in [2.24, 2.45) is 0 Å². The first-order valence-electron chi connectivity index (χ1n) is 5.27. The number of hydrogen-bond acceptors (Lipinski definition) is 3. The van der Waals surface area contributed by atoms with Gasteiger partial charge < -0.3 is 10.6 Å². The second kappa shape index (κ2) is 5.81. The first kappa shape index (κ1) is 12.1. The van der Waals surface area contributed by atoms with Crippen LogP contribution in [0.3, 0.4) is 0 Å². The first-order valence-corrected chi connectivity index (χ1v) is 5.65. The maximum atomic E-state index is 5.84. The van der Waals surface area contributed by atoms with E-state index in [4.69, 9.17) is 17.3 Å². The molecule has 0 fully saturated rings. The van der Waals surface area contributed by atoms with Crippen LogP contribution in [-0.2, 0) is 0 Å². The predicted molar refractivity (Wildman–Crippen MR) is 66.5 cm³/mol. The van der Waals surface area contributed by atoms with Gasteiger partial charge in [-0.25, -0.2) is 4.98 Å². The predicted octanol–water partition coefficient (Wildman–Crippen LogP) is 2.94. The van der Waals surface area contributed by atoms with Gasteiger partial charge in [0.1, 0.15) is 0 Å². The third kappa shape index (κ3) is 3.59. The smallest absolute Gasteiger partial charge is 0.151 e. The minimum Gasteiger partial charge on any atom is -0.396 e. The number of halogens is 1. The summed E-state index contributed by atoms with van der Waals surface area (Å²) >= 11 is 5.79. The zero-order valence-electron chi connectivity index (χ0n) is 9.33. The average molecular weight is 228 g/mol. The average Bonchev–Trinajstić information content (AvgIpc) is 2.17. The van der Waals surface area contributed by atoms with E-state index in [-0.39, 0.29) is 0 Å². The SMILES string of the molecule is CCCCCN(C)c1ncc(Cl)cc1N. The number of rotatable bonds is 5. The van der Waals surface area contributed by atoms with E-state index in [1.807, 2.05) is 7.05 Å². The highest BCUT2D eigenvalue weighted by Gasteiger charge is 2.06. The number of unbranched alkanes of at least 4 members (excludes halogenated alkanes) is 2. The molecule has 2 N–H and O–H groups in total. The highest BCUT2D eigenvalue weighted by Crippen LogP contribution is 2.22. The summed E-state index contributed by atoms with van der Waals surface area (Å²) < 4.78 is 0. The van der Waals surface area contributed by atoms with Crippen LogP contribution in [0, 0.1) is 0 Å². The van der Waals surface area contributed by atoms with Crippen LogP contribution in [0.1, 0.15) is 26.2 Å². The number of anilines is 2. The molecule has 3 nitrogen and oxygen atoms in total. The lowest BCUT2D eigenvalue weighted by molar-refractivity contribution is 0.702. The molecular weight excluding hydrogens is 210 g/mol. The maximum Gasteiger partial charge on any atom is 0.151 e. The summed E-state index contributed by atoms with van der Waals surface area (Å²) in [4.78, 5) is 6.30. The molecule has 15 heavy (non-hydrogen) atoms. The van der Waals surface area contributed by atoms with Crippen molar-refractivity contribution in [1.29, 1.82) is 0 Å². The van der Waals surface area contributed by atoms with Gasteiger partial charge in [-0.05, 0) is 12.5 Å². The molecule has 0 spiro atoms. The molecular formula is C11H18ClN3. The third-order valence-corrected chi connectivity index (χ3v) is 2.53. The van der Waals surface area contributed by atoms with E-state index in [2.05, 4.69) is 16.8 Å². The van der Waals surface area contributed by atoms with Gasteiger partial charge in [-0.2, -0.15) is 0 Å². The molecule has 0 bridgehead atoms. The summed E-state index contributed by atoms with van der Waals surface area (Å²) in [7, 11) is 2.00. The number of aromatic nitrogens is 1. The van der Waals surface area contributed by atoms with Crippen molar-refractivity contribution in [3.8, 4) is 0 Å². The Kier molecular flexibility index (Phi) is 4.69. The van der Waals surface area contributed by atoms with Gasteiger partial charge in [-0.1, -0.05) is 31.4 Å². The lowest BCUT2D eigenvalue weighted by Crippen LogP contribution is -2.20. The number of hydrogen-bond donors (Lipinski definition) is 1. The topological polar surface area (TPSA) is 42.2 Å². The summed E-state index contributed by atoms with van der Waals surface area (Å²) in [6.45, 7) is 3.17. The fourth-order valence-corrected chi connectivity index (χ4v) is 1.64. The van der Waals surface area contributed by atoms with Crippen molar-refractivity contribution in [2.45, 2.75) is 26.2 Å². The van der Waals surface area contributed by atoms with Gasteiger partial charge in [0.25, 0.3) is 0 Å². The number of pyridine rings is 1. The van der Waals surface area contributed by atoms with E-state index in [9.17, 15) is 0 Å². The third-order valence-electron chi connectivity index (χ3n) is 2.32. The van der Waals surface area contributed by atoms with Crippen LogP contribution in [-0.4, -0.2) is 18.6 Å². The van der Waals surface area contributed by atoms with Crippen molar-refractivity contribution < 1.29 is 0 Å². The molecule has 0 amide bonds. The number of nitrogens with two attached hydrogens (primary N) is 1. The van der Waals surface area contributed by atoms with E-state index in [1.165, 1.54) is 12.8 Å². The van der Waals surface area contributed by atoms with E-state index in [1.54, 1.807) is 12.3 Å². The van der Waals surface area contributed by atoms with Gasteiger partial charge in [0.2, 0.25) is 0 Å². The van der Waals surface area contributed by atoms with Gasteiger partial charge >= 0.3 is 0 Å². The first-order chi connectivity index (χ1) is 7.15. The van der Waals surface area contributed by atoms with Gasteiger partial charge in [0.05, 0.1) is 10.7 Å². The Bertz CT molecular complexity index is 315. The number of nitrogens with zero attached hydrogens (tertiary/aromatic N) is 2. The molecule has 0 atom stereocenters. The van der Waals surface area contributed by atoms with Crippen molar-refractivity contribution in [3.05, 3.63) is 17.3 Å². The quantitative estimate of drug-likeness (QED) is 0.787. The van der Waals surface area contributed by atoms with E-state index >= 15 is 0 Å². The molecule has 84 valence electrons. The molecule has 1 aromatic rings. The lowest BCUT2D eigenvalue weighted by atomic mass is 10.2. The summed E-state index contributed by atoms with van der Waals surface area (Å²) in [5.74, 6) is 0.815. The van der Waals surface area contributed by atoms with Crippen molar-refractivity contribution in [3.63, 3.8) is 0 Å². The number of nitrogen functional groups attached to an aromatic ring is 1. The molecule has 0 saturated heterocycles. The molecule has 1 heterocycles. The normalized spacial score (nSPS) is 10.3. The van der Waals surface area contributed by atoms with E-state index < -0.39 is 0 Å². The van der Waals surface area contributed by atoms with Crippen LogP contribution in [0.15, 0.2) is 12.3 Å². The Morgan fingerprint density at radius 2 is 2.20 bits per heavy atom. The molecule has 0 saturated carbocycles. The summed E-state index contributed by atoms with van der Waals surface area (Å²) in [5.41, 5.74) is 6.48. The Morgan fingerprint density at radius 1 is 1.47 bits per heavy atom. The van der Waals surface area contributed by atoms with Crippen molar-refractivity contribution in [2.75, 3.05) is 24.2 Å². The van der Waals surface area contributed by atoms with E-state index in [0.717, 1.165) is 18.8 Å². The highest BCUT2D eigenvalue weighted by atomic mass is 35.5. The summed E-state index contributed by atoms with van der Waals surface area (Å²) in [5, 5.41) is 0.582. The van der Waals surface area contributed by atoms with Gasteiger partial charge in [-0.15, -0.1) is 0 Å². The summed E-state index contributed by atoms with van der Waals surface area (Å²) in [6.07, 6.45) is 5.25. The van der Waals surface area contributed by atoms with Crippen molar-refractivity contribution >= 4 is 23.1 Å². The Morgan fingerprint density at radius 3 is 2.80 bits per heavy atom. The van der Waals surface area contributed by atoms with Crippen LogP contribution >= 0.6 is 11.6 Å². The molecule has 0 radical (unpaired) electrons. The standard InChI is InChI=1S/C11H18ClN3/c1-3-4-5-6-15(2)11-10(13)7-9(12)8-14-11/h7-8H,3-6,13H2,1-2H3. The van der Waals surface area contributed by atoms with Gasteiger partial charge in [0.15, 0.2) is 5.82 Å². The van der Waals surface area contributed by atoms with E-state index in [0.29, 0.717) is 10.7 Å². The molecule has 1 rings (SSSR count). The van der Waals surface area contributed by atoms with Gasteiger partial charge in [0, 0.05) is 19.8 Å². The fourth-order valence-electron chi connectivity index (χ4n) is 1.47. The molecule has 4 heteroatoms. The molecule has 0 unspecified atom stereocenters. The summed E-state index contributed by atoms with van der Waals surface area (Å²) in [6, 6.07) is 1.74. The Hall–Kier alpha value is -0.960. The van der Waals surface area contributed by atoms with Crippen LogP contribution in [0.25, 0.3) is 0 Å². The molecule has 0 aliphatic carbocycles. The van der Waals surface area contributed by atoms with Crippen LogP contribution in [0.5, 0.6) is 0 Å². The zero-order chi connectivity index (χ0) is 11.3. The van der Waals surface area contributed by atoms with Gasteiger partial charge in [-0.3, -0.25) is 0 Å². The second-order valence-corrected chi connectivity index (χ2v) is 4.13.